The highest BCUT2D eigenvalue weighted by molar-refractivity contribution is 6.05. The van der Waals surface area contributed by atoms with Crippen LogP contribution in [0.15, 0.2) is 108 Å². The smallest absolute Gasteiger partial charge is 0.284 e. The Hall–Kier alpha value is -5.44. The molecular formula is C31H24FN5O3. The maximum absolute atomic E-state index is 15.2. The highest BCUT2D eigenvalue weighted by Gasteiger charge is 2.23. The van der Waals surface area contributed by atoms with Gasteiger partial charge in [0.05, 0.1) is 17.6 Å². The molecule has 0 aliphatic heterocycles. The zero-order valence-electron chi connectivity index (χ0n) is 21.7. The number of rotatable bonds is 6. The van der Waals surface area contributed by atoms with E-state index in [1.54, 1.807) is 47.6 Å². The van der Waals surface area contributed by atoms with Gasteiger partial charge in [0.1, 0.15) is 11.1 Å². The van der Waals surface area contributed by atoms with Gasteiger partial charge in [0.15, 0.2) is 17.3 Å². The standard InChI is InChI=1S/C31H24FN5O3/c1-20-28(31(39)37(35(20)2)23-11-7-4-8-12-23)30(38)34-22-13-14-26(25(32)19-22)40-27-15-17-33-36-18-16-24(29(27)36)21-9-5-3-6-10-21/h3-19H,1-2H3,(H,34,38). The molecule has 3 heterocycles. The van der Waals surface area contributed by atoms with Gasteiger partial charge in [-0.15, -0.1) is 0 Å². The van der Waals surface area contributed by atoms with Crippen LogP contribution in [0.1, 0.15) is 16.1 Å². The zero-order chi connectivity index (χ0) is 27.8. The summed E-state index contributed by atoms with van der Waals surface area (Å²) in [5.41, 5.74) is 3.38. The molecule has 1 amide bonds. The molecule has 6 rings (SSSR count). The van der Waals surface area contributed by atoms with Crippen LogP contribution in [0.4, 0.5) is 10.1 Å². The summed E-state index contributed by atoms with van der Waals surface area (Å²) in [5, 5.41) is 6.98. The molecule has 0 saturated carbocycles. The van der Waals surface area contributed by atoms with Gasteiger partial charge in [0.25, 0.3) is 11.5 Å². The fourth-order valence-corrected chi connectivity index (χ4v) is 4.75. The number of para-hydroxylation sites is 1. The van der Waals surface area contributed by atoms with Gasteiger partial charge in [-0.1, -0.05) is 48.5 Å². The van der Waals surface area contributed by atoms with E-state index in [0.717, 1.165) is 17.2 Å². The maximum atomic E-state index is 15.2. The molecule has 0 aliphatic rings. The van der Waals surface area contributed by atoms with Crippen LogP contribution in [0.25, 0.3) is 22.3 Å². The number of benzene rings is 3. The number of hydrogen-bond acceptors (Lipinski definition) is 4. The van der Waals surface area contributed by atoms with Crippen molar-refractivity contribution in [1.82, 2.24) is 19.0 Å². The van der Waals surface area contributed by atoms with E-state index in [2.05, 4.69) is 10.4 Å². The minimum atomic E-state index is -0.674. The van der Waals surface area contributed by atoms with E-state index in [-0.39, 0.29) is 17.0 Å². The second-order valence-electron chi connectivity index (χ2n) is 9.22. The molecule has 9 heteroatoms. The predicted molar refractivity (Wildman–Crippen MR) is 151 cm³/mol. The van der Waals surface area contributed by atoms with Crippen LogP contribution in [0, 0.1) is 12.7 Å². The van der Waals surface area contributed by atoms with Crippen molar-refractivity contribution < 1.29 is 13.9 Å². The Morgan fingerprint density at radius 2 is 1.65 bits per heavy atom. The molecule has 8 nitrogen and oxygen atoms in total. The summed E-state index contributed by atoms with van der Waals surface area (Å²) in [5.74, 6) is -0.894. The Morgan fingerprint density at radius 3 is 2.38 bits per heavy atom. The molecule has 6 aromatic rings. The van der Waals surface area contributed by atoms with Crippen molar-refractivity contribution in [3.8, 4) is 28.3 Å². The highest BCUT2D eigenvalue weighted by atomic mass is 19.1. The Bertz CT molecular complexity index is 1920. The van der Waals surface area contributed by atoms with Gasteiger partial charge >= 0.3 is 0 Å². The van der Waals surface area contributed by atoms with E-state index in [1.807, 2.05) is 60.8 Å². The van der Waals surface area contributed by atoms with Gasteiger partial charge in [-0.3, -0.25) is 14.3 Å². The normalized spacial score (nSPS) is 11.1. The van der Waals surface area contributed by atoms with Crippen molar-refractivity contribution in [2.75, 3.05) is 5.32 Å². The van der Waals surface area contributed by atoms with Crippen molar-refractivity contribution in [2.24, 2.45) is 7.05 Å². The van der Waals surface area contributed by atoms with Crippen molar-refractivity contribution in [1.29, 1.82) is 0 Å². The summed E-state index contributed by atoms with van der Waals surface area (Å²) in [7, 11) is 1.70. The van der Waals surface area contributed by atoms with Crippen molar-refractivity contribution >= 4 is 17.1 Å². The van der Waals surface area contributed by atoms with Crippen LogP contribution >= 0.6 is 0 Å². The number of nitrogens with one attached hydrogen (secondary N) is 1. The number of aromatic nitrogens is 4. The summed E-state index contributed by atoms with van der Waals surface area (Å²) >= 11 is 0. The first-order chi connectivity index (χ1) is 19.4. The molecule has 0 bridgehead atoms. The molecular weight excluding hydrogens is 509 g/mol. The first-order valence-corrected chi connectivity index (χ1v) is 12.6. The van der Waals surface area contributed by atoms with Gasteiger partial charge in [-0.05, 0) is 42.8 Å². The van der Waals surface area contributed by atoms with E-state index in [0.29, 0.717) is 22.6 Å². The Morgan fingerprint density at radius 1 is 0.925 bits per heavy atom. The van der Waals surface area contributed by atoms with E-state index in [1.165, 1.54) is 16.8 Å². The van der Waals surface area contributed by atoms with Gasteiger partial charge in [0, 0.05) is 36.6 Å². The third-order valence-corrected chi connectivity index (χ3v) is 6.79. The summed E-state index contributed by atoms with van der Waals surface area (Å²) in [6, 6.07) is 26.5. The lowest BCUT2D eigenvalue weighted by Crippen LogP contribution is -2.25. The maximum Gasteiger partial charge on any atom is 0.284 e. The average molecular weight is 534 g/mol. The van der Waals surface area contributed by atoms with E-state index < -0.39 is 17.3 Å². The Kier molecular flexibility index (Phi) is 6.24. The van der Waals surface area contributed by atoms with Crippen LogP contribution in [0.3, 0.4) is 0 Å². The SMILES string of the molecule is Cc1c(C(=O)Nc2ccc(Oc3ccnn4ccc(-c5ccccc5)c34)c(F)c2)c(=O)n(-c2ccccc2)n1C. The number of amides is 1. The van der Waals surface area contributed by atoms with Gasteiger partial charge in [-0.2, -0.15) is 5.10 Å². The minimum Gasteiger partial charge on any atom is -0.452 e. The quantitative estimate of drug-likeness (QED) is 0.285. The summed E-state index contributed by atoms with van der Waals surface area (Å²) in [6.45, 7) is 1.69. The lowest BCUT2D eigenvalue weighted by molar-refractivity contribution is 0.102. The first kappa shape index (κ1) is 24.9. The molecule has 1 N–H and O–H groups in total. The second-order valence-corrected chi connectivity index (χ2v) is 9.22. The largest absolute Gasteiger partial charge is 0.452 e. The highest BCUT2D eigenvalue weighted by Crippen LogP contribution is 2.35. The minimum absolute atomic E-state index is 0.0198. The number of carbonyl (C=O) groups is 1. The summed E-state index contributed by atoms with van der Waals surface area (Å²) in [4.78, 5) is 26.3. The summed E-state index contributed by atoms with van der Waals surface area (Å²) in [6.07, 6.45) is 3.39. The summed E-state index contributed by atoms with van der Waals surface area (Å²) < 4.78 is 25.9. The van der Waals surface area contributed by atoms with Crippen molar-refractivity contribution in [2.45, 2.75) is 6.92 Å². The molecule has 0 fully saturated rings. The number of anilines is 1. The van der Waals surface area contributed by atoms with E-state index in [9.17, 15) is 9.59 Å². The van der Waals surface area contributed by atoms with Gasteiger partial charge in [-0.25, -0.2) is 13.6 Å². The zero-order valence-corrected chi connectivity index (χ0v) is 21.7. The lowest BCUT2D eigenvalue weighted by Gasteiger charge is -2.11. The lowest BCUT2D eigenvalue weighted by atomic mass is 10.1. The van der Waals surface area contributed by atoms with E-state index in [4.69, 9.17) is 4.74 Å². The van der Waals surface area contributed by atoms with Crippen LogP contribution < -0.4 is 15.6 Å². The van der Waals surface area contributed by atoms with Crippen LogP contribution in [0.5, 0.6) is 11.5 Å². The third kappa shape index (κ3) is 4.33. The van der Waals surface area contributed by atoms with Gasteiger partial charge in [0.2, 0.25) is 0 Å². The molecule has 0 atom stereocenters. The molecule has 0 aliphatic carbocycles. The van der Waals surface area contributed by atoms with Crippen LogP contribution in [0.2, 0.25) is 0 Å². The molecule has 0 radical (unpaired) electrons. The fourth-order valence-electron chi connectivity index (χ4n) is 4.75. The number of halogens is 1. The number of ether oxygens (including phenoxy) is 1. The van der Waals surface area contributed by atoms with Crippen LogP contribution in [-0.4, -0.2) is 24.9 Å². The average Bonchev–Trinajstić information content (AvgIpc) is 3.50. The number of carbonyl (C=O) groups excluding carboxylic acids is 1. The van der Waals surface area contributed by atoms with E-state index >= 15 is 4.39 Å². The number of hydrogen-bond donors (Lipinski definition) is 1. The number of fused-ring (bicyclic) bond motifs is 1. The molecule has 0 saturated heterocycles. The molecule has 0 unspecified atom stereocenters. The van der Waals surface area contributed by atoms with Crippen LogP contribution in [-0.2, 0) is 7.05 Å². The molecule has 40 heavy (non-hydrogen) atoms. The fraction of sp³-hybridized carbons (Fsp3) is 0.0645. The molecule has 3 aromatic heterocycles. The third-order valence-electron chi connectivity index (χ3n) is 6.79. The Labute approximate surface area is 228 Å². The van der Waals surface area contributed by atoms with Crippen molar-refractivity contribution in [3.05, 3.63) is 131 Å². The predicted octanol–water partition coefficient (Wildman–Crippen LogP) is 5.98. The monoisotopic (exact) mass is 533 g/mol. The molecule has 3 aromatic carbocycles. The molecule has 0 spiro atoms. The molecule has 198 valence electrons. The first-order valence-electron chi connectivity index (χ1n) is 12.6. The Balaban J connectivity index is 1.27. The van der Waals surface area contributed by atoms with Crippen molar-refractivity contribution in [3.63, 3.8) is 0 Å². The second kappa shape index (κ2) is 10.0. The van der Waals surface area contributed by atoms with Gasteiger partial charge < -0.3 is 10.1 Å². The number of nitrogens with zero attached hydrogens (tertiary/aromatic N) is 4. The topological polar surface area (TPSA) is 82.6 Å².